The van der Waals surface area contributed by atoms with Gasteiger partial charge in [0, 0.05) is 12.5 Å². The predicted molar refractivity (Wildman–Crippen MR) is 73.8 cm³/mol. The number of rotatable bonds is 10. The van der Waals surface area contributed by atoms with Crippen molar-refractivity contribution >= 4 is 5.91 Å². The SMILES string of the molecule is CCCC(CCC)C(=O)NCCCC(C)CN. The van der Waals surface area contributed by atoms with Crippen LogP contribution in [-0.4, -0.2) is 19.0 Å². The first kappa shape index (κ1) is 16.4. The van der Waals surface area contributed by atoms with Gasteiger partial charge < -0.3 is 11.1 Å². The van der Waals surface area contributed by atoms with Crippen molar-refractivity contribution < 1.29 is 4.79 Å². The van der Waals surface area contributed by atoms with Gasteiger partial charge in [0.2, 0.25) is 5.91 Å². The van der Waals surface area contributed by atoms with E-state index in [1.165, 1.54) is 0 Å². The summed E-state index contributed by atoms with van der Waals surface area (Å²) < 4.78 is 0. The molecule has 1 amide bonds. The second kappa shape index (κ2) is 10.6. The first-order valence-corrected chi connectivity index (χ1v) is 7.13. The number of hydrogen-bond donors (Lipinski definition) is 2. The number of amides is 1. The molecule has 0 rings (SSSR count). The zero-order valence-electron chi connectivity index (χ0n) is 11.8. The molecule has 0 aromatic heterocycles. The Labute approximate surface area is 107 Å². The fourth-order valence-electron chi connectivity index (χ4n) is 2.03. The number of nitrogens with two attached hydrogens (primary N) is 1. The molecule has 1 unspecified atom stereocenters. The lowest BCUT2D eigenvalue weighted by Crippen LogP contribution is -2.31. The monoisotopic (exact) mass is 242 g/mol. The molecule has 3 N–H and O–H groups in total. The van der Waals surface area contributed by atoms with E-state index in [2.05, 4.69) is 26.1 Å². The molecule has 102 valence electrons. The van der Waals surface area contributed by atoms with E-state index >= 15 is 0 Å². The third-order valence-corrected chi connectivity index (χ3v) is 3.22. The Morgan fingerprint density at radius 1 is 1.18 bits per heavy atom. The van der Waals surface area contributed by atoms with Crippen LogP contribution in [0.5, 0.6) is 0 Å². The van der Waals surface area contributed by atoms with Crippen LogP contribution in [0.3, 0.4) is 0 Å². The Kier molecular flexibility index (Phi) is 10.2. The number of hydrogen-bond acceptors (Lipinski definition) is 2. The highest BCUT2D eigenvalue weighted by molar-refractivity contribution is 5.78. The molecular weight excluding hydrogens is 212 g/mol. The average molecular weight is 242 g/mol. The second-order valence-electron chi connectivity index (χ2n) is 5.05. The summed E-state index contributed by atoms with van der Waals surface area (Å²) in [6, 6.07) is 0. The lowest BCUT2D eigenvalue weighted by molar-refractivity contribution is -0.125. The van der Waals surface area contributed by atoms with Crippen molar-refractivity contribution in [3.8, 4) is 0 Å². The molecule has 1 atom stereocenters. The topological polar surface area (TPSA) is 55.1 Å². The summed E-state index contributed by atoms with van der Waals surface area (Å²) in [6.07, 6.45) is 6.33. The Bertz CT molecular complexity index is 189. The summed E-state index contributed by atoms with van der Waals surface area (Å²) in [5.41, 5.74) is 5.55. The Morgan fingerprint density at radius 3 is 2.24 bits per heavy atom. The molecule has 0 aliphatic heterocycles. The molecule has 0 saturated carbocycles. The highest BCUT2D eigenvalue weighted by Gasteiger charge is 2.15. The molecule has 0 aromatic rings. The quantitative estimate of drug-likeness (QED) is 0.579. The fourth-order valence-corrected chi connectivity index (χ4v) is 2.03. The van der Waals surface area contributed by atoms with Crippen molar-refractivity contribution in [2.24, 2.45) is 17.6 Å². The minimum Gasteiger partial charge on any atom is -0.356 e. The maximum atomic E-state index is 11.9. The van der Waals surface area contributed by atoms with E-state index in [-0.39, 0.29) is 11.8 Å². The van der Waals surface area contributed by atoms with Crippen molar-refractivity contribution in [3.63, 3.8) is 0 Å². The Hall–Kier alpha value is -0.570. The van der Waals surface area contributed by atoms with E-state index in [0.29, 0.717) is 5.92 Å². The van der Waals surface area contributed by atoms with Gasteiger partial charge >= 0.3 is 0 Å². The first-order chi connectivity index (χ1) is 8.15. The number of nitrogens with one attached hydrogen (secondary N) is 1. The molecule has 17 heavy (non-hydrogen) atoms. The highest BCUT2D eigenvalue weighted by Crippen LogP contribution is 2.13. The van der Waals surface area contributed by atoms with Crippen molar-refractivity contribution in [1.29, 1.82) is 0 Å². The fraction of sp³-hybridized carbons (Fsp3) is 0.929. The second-order valence-corrected chi connectivity index (χ2v) is 5.05. The maximum absolute atomic E-state index is 11.9. The van der Waals surface area contributed by atoms with Crippen LogP contribution in [0.15, 0.2) is 0 Å². The summed E-state index contributed by atoms with van der Waals surface area (Å²) in [7, 11) is 0. The van der Waals surface area contributed by atoms with Crippen LogP contribution in [0.2, 0.25) is 0 Å². The molecule has 0 saturated heterocycles. The van der Waals surface area contributed by atoms with Gasteiger partial charge in [0.05, 0.1) is 0 Å². The van der Waals surface area contributed by atoms with Crippen LogP contribution >= 0.6 is 0 Å². The minimum absolute atomic E-state index is 0.219. The maximum Gasteiger partial charge on any atom is 0.223 e. The molecule has 0 aromatic carbocycles. The van der Waals surface area contributed by atoms with Gasteiger partial charge in [-0.15, -0.1) is 0 Å². The molecule has 0 spiro atoms. The standard InChI is InChI=1S/C14H30N2O/c1-4-7-13(8-5-2)14(17)16-10-6-9-12(3)11-15/h12-13H,4-11,15H2,1-3H3,(H,16,17). The smallest absolute Gasteiger partial charge is 0.223 e. The van der Waals surface area contributed by atoms with Crippen LogP contribution in [0, 0.1) is 11.8 Å². The molecule has 0 radical (unpaired) electrons. The van der Waals surface area contributed by atoms with Crippen molar-refractivity contribution in [1.82, 2.24) is 5.32 Å². The number of carbonyl (C=O) groups is 1. The molecule has 0 aliphatic carbocycles. The van der Waals surface area contributed by atoms with Crippen LogP contribution in [0.25, 0.3) is 0 Å². The van der Waals surface area contributed by atoms with Crippen LogP contribution in [-0.2, 0) is 4.79 Å². The average Bonchev–Trinajstić information content (AvgIpc) is 2.33. The van der Waals surface area contributed by atoms with Gasteiger partial charge in [-0.05, 0) is 38.1 Å². The van der Waals surface area contributed by atoms with Crippen molar-refractivity contribution in [2.45, 2.75) is 59.3 Å². The van der Waals surface area contributed by atoms with Crippen molar-refractivity contribution in [2.75, 3.05) is 13.1 Å². The summed E-state index contributed by atoms with van der Waals surface area (Å²) in [6.45, 7) is 7.96. The van der Waals surface area contributed by atoms with E-state index < -0.39 is 0 Å². The van der Waals surface area contributed by atoms with Gasteiger partial charge in [-0.25, -0.2) is 0 Å². The summed E-state index contributed by atoms with van der Waals surface area (Å²) >= 11 is 0. The molecule has 0 fully saturated rings. The largest absolute Gasteiger partial charge is 0.356 e. The Balaban J connectivity index is 3.73. The molecule has 0 bridgehead atoms. The first-order valence-electron chi connectivity index (χ1n) is 7.13. The van der Waals surface area contributed by atoms with E-state index in [1.54, 1.807) is 0 Å². The molecule has 3 heteroatoms. The zero-order chi connectivity index (χ0) is 13.1. The molecule has 3 nitrogen and oxygen atoms in total. The van der Waals surface area contributed by atoms with E-state index in [0.717, 1.165) is 51.6 Å². The third-order valence-electron chi connectivity index (χ3n) is 3.22. The van der Waals surface area contributed by atoms with E-state index in [9.17, 15) is 4.79 Å². The zero-order valence-corrected chi connectivity index (χ0v) is 11.8. The van der Waals surface area contributed by atoms with Crippen LogP contribution in [0.1, 0.15) is 59.3 Å². The van der Waals surface area contributed by atoms with E-state index in [4.69, 9.17) is 5.73 Å². The summed E-state index contributed by atoms with van der Waals surface area (Å²) in [5.74, 6) is 1.03. The molecule has 0 aliphatic rings. The predicted octanol–water partition coefficient (Wildman–Crippen LogP) is 2.69. The summed E-state index contributed by atoms with van der Waals surface area (Å²) in [4.78, 5) is 11.9. The summed E-state index contributed by atoms with van der Waals surface area (Å²) in [5, 5.41) is 3.05. The van der Waals surface area contributed by atoms with Gasteiger partial charge in [0.25, 0.3) is 0 Å². The highest BCUT2D eigenvalue weighted by atomic mass is 16.1. The lowest BCUT2D eigenvalue weighted by atomic mass is 9.97. The Morgan fingerprint density at radius 2 is 1.76 bits per heavy atom. The third kappa shape index (κ3) is 8.19. The van der Waals surface area contributed by atoms with Gasteiger partial charge in [-0.2, -0.15) is 0 Å². The molecule has 0 heterocycles. The van der Waals surface area contributed by atoms with E-state index in [1.807, 2.05) is 0 Å². The molecular formula is C14H30N2O. The minimum atomic E-state index is 0.219. The van der Waals surface area contributed by atoms with Gasteiger partial charge in [0.15, 0.2) is 0 Å². The van der Waals surface area contributed by atoms with Gasteiger partial charge in [-0.3, -0.25) is 4.79 Å². The van der Waals surface area contributed by atoms with Crippen LogP contribution < -0.4 is 11.1 Å². The lowest BCUT2D eigenvalue weighted by Gasteiger charge is -2.15. The van der Waals surface area contributed by atoms with Crippen LogP contribution in [0.4, 0.5) is 0 Å². The van der Waals surface area contributed by atoms with Gasteiger partial charge in [0.1, 0.15) is 0 Å². The number of carbonyl (C=O) groups excluding carboxylic acids is 1. The normalized spacial score (nSPS) is 12.8. The van der Waals surface area contributed by atoms with Crippen molar-refractivity contribution in [3.05, 3.63) is 0 Å². The van der Waals surface area contributed by atoms with Gasteiger partial charge in [-0.1, -0.05) is 33.6 Å².